The van der Waals surface area contributed by atoms with Gasteiger partial charge in [0.05, 0.1) is 0 Å². The second-order valence-electron chi connectivity index (χ2n) is 16.3. The fourth-order valence-electron chi connectivity index (χ4n) is 7.30. The summed E-state index contributed by atoms with van der Waals surface area (Å²) < 4.78 is 6.05. The Labute approximate surface area is 342 Å². The van der Waals surface area contributed by atoms with Crippen LogP contribution in [0.4, 0.5) is 0 Å². The largest absolute Gasteiger partial charge is 0.481 e. The number of rotatable bonds is 44. The van der Waals surface area contributed by atoms with Crippen molar-refractivity contribution < 1.29 is 19.4 Å². The topological polar surface area (TPSA) is 63.6 Å². The Morgan fingerprint density at radius 3 is 1.18 bits per heavy atom. The molecule has 55 heavy (non-hydrogen) atoms. The van der Waals surface area contributed by atoms with E-state index in [9.17, 15) is 9.59 Å². The number of hydrogen-bond acceptors (Lipinski definition) is 3. The number of carboxylic acid groups (broad SMARTS) is 1. The van der Waals surface area contributed by atoms with Gasteiger partial charge < -0.3 is 9.84 Å². The molecule has 4 nitrogen and oxygen atoms in total. The highest BCUT2D eigenvalue weighted by Crippen LogP contribution is 2.19. The lowest BCUT2D eigenvalue weighted by Crippen LogP contribution is -2.18. The van der Waals surface area contributed by atoms with Crippen molar-refractivity contribution in [3.63, 3.8) is 0 Å². The van der Waals surface area contributed by atoms with Crippen molar-refractivity contribution in [1.82, 2.24) is 0 Å². The molecule has 0 aliphatic rings. The maximum Gasteiger partial charge on any atom is 0.306 e. The van der Waals surface area contributed by atoms with Crippen LogP contribution >= 0.6 is 0 Å². The molecule has 0 aromatic heterocycles. The van der Waals surface area contributed by atoms with Gasteiger partial charge in [0.15, 0.2) is 0 Å². The fraction of sp³-hybridized carbons (Fsp3) is 0.804. The molecule has 0 bridgehead atoms. The van der Waals surface area contributed by atoms with E-state index in [1.54, 1.807) is 0 Å². The fourth-order valence-corrected chi connectivity index (χ4v) is 7.30. The predicted octanol–water partition coefficient (Wildman–Crippen LogP) is 17.1. The number of carboxylic acids is 1. The third-order valence-electron chi connectivity index (χ3n) is 10.8. The molecule has 0 radical (unpaired) electrons. The normalized spacial score (nSPS) is 12.6. The van der Waals surface area contributed by atoms with Crippen LogP contribution in [-0.4, -0.2) is 23.1 Å². The molecule has 0 heterocycles. The van der Waals surface area contributed by atoms with E-state index in [1.807, 2.05) is 0 Å². The Balaban J connectivity index is 3.93. The molecule has 0 aliphatic carbocycles. The zero-order valence-corrected chi connectivity index (χ0v) is 36.7. The van der Waals surface area contributed by atoms with E-state index < -0.39 is 5.97 Å². The molecule has 1 N–H and O–H groups in total. The minimum absolute atomic E-state index is 0.00194. The first kappa shape index (κ1) is 52.9. The van der Waals surface area contributed by atoms with Gasteiger partial charge in [-0.3, -0.25) is 9.59 Å². The number of hydrogen-bond donors (Lipinski definition) is 1. The molecule has 0 saturated heterocycles. The van der Waals surface area contributed by atoms with E-state index in [0.29, 0.717) is 6.42 Å². The van der Waals surface area contributed by atoms with Crippen LogP contribution in [0.2, 0.25) is 0 Å². The quantitative estimate of drug-likeness (QED) is 0.0381. The van der Waals surface area contributed by atoms with Crippen LogP contribution in [-0.2, 0) is 14.3 Å². The molecular formula is C51H92O4. The van der Waals surface area contributed by atoms with Gasteiger partial charge in [0, 0.05) is 12.8 Å². The summed E-state index contributed by atoms with van der Waals surface area (Å²) in [5, 5.41) is 8.86. The van der Waals surface area contributed by atoms with Gasteiger partial charge in [0.25, 0.3) is 0 Å². The first-order valence-electron chi connectivity index (χ1n) is 24.1. The highest BCUT2D eigenvalue weighted by molar-refractivity contribution is 5.69. The van der Waals surface area contributed by atoms with E-state index in [0.717, 1.165) is 89.9 Å². The minimum atomic E-state index is -0.699. The van der Waals surface area contributed by atoms with Crippen LogP contribution in [0.15, 0.2) is 48.6 Å². The Kier molecular flexibility index (Phi) is 44.5. The van der Waals surface area contributed by atoms with Crippen molar-refractivity contribution in [2.75, 3.05) is 0 Å². The molecule has 320 valence electrons. The Bertz CT molecular complexity index is 916. The van der Waals surface area contributed by atoms with E-state index >= 15 is 0 Å². The van der Waals surface area contributed by atoms with E-state index in [-0.39, 0.29) is 18.5 Å². The van der Waals surface area contributed by atoms with Crippen molar-refractivity contribution in [1.29, 1.82) is 0 Å². The molecule has 4 heteroatoms. The van der Waals surface area contributed by atoms with Crippen molar-refractivity contribution in [3.8, 4) is 0 Å². The maximum atomic E-state index is 12.8. The number of aliphatic carboxylic acids is 1. The van der Waals surface area contributed by atoms with Crippen molar-refractivity contribution in [2.45, 2.75) is 264 Å². The molecule has 0 fully saturated rings. The Morgan fingerprint density at radius 1 is 0.418 bits per heavy atom. The SMILES string of the molecule is CC/C=C\C/C=C\C/C=C\C/C=C\CCCCCCCCCCCCC(=O)OC(CCCCCCCCCCCCCCCC)CCCCCCCC(=O)O. The Morgan fingerprint density at radius 2 is 0.764 bits per heavy atom. The molecule has 0 aromatic rings. The molecule has 0 rings (SSSR count). The molecule has 0 amide bonds. The van der Waals surface area contributed by atoms with Crippen LogP contribution in [0.3, 0.4) is 0 Å². The lowest BCUT2D eigenvalue weighted by atomic mass is 10.0. The summed E-state index contributed by atoms with van der Waals surface area (Å²) in [6.45, 7) is 4.45. The third kappa shape index (κ3) is 46.2. The van der Waals surface area contributed by atoms with Gasteiger partial charge in [-0.05, 0) is 77.0 Å². The average Bonchev–Trinajstić information content (AvgIpc) is 3.17. The lowest BCUT2D eigenvalue weighted by molar-refractivity contribution is -0.150. The first-order chi connectivity index (χ1) is 27.1. The molecule has 1 unspecified atom stereocenters. The van der Waals surface area contributed by atoms with Gasteiger partial charge in [-0.25, -0.2) is 0 Å². The molecule has 0 aliphatic heterocycles. The summed E-state index contributed by atoms with van der Waals surface area (Å²) in [7, 11) is 0. The van der Waals surface area contributed by atoms with Gasteiger partial charge in [0.1, 0.15) is 6.10 Å². The van der Waals surface area contributed by atoms with E-state index in [2.05, 4.69) is 62.5 Å². The van der Waals surface area contributed by atoms with Crippen LogP contribution < -0.4 is 0 Å². The molecule has 0 aromatic carbocycles. The smallest absolute Gasteiger partial charge is 0.306 e. The predicted molar refractivity (Wildman–Crippen MR) is 241 cm³/mol. The summed E-state index contributed by atoms with van der Waals surface area (Å²) >= 11 is 0. The van der Waals surface area contributed by atoms with Gasteiger partial charge in [-0.1, -0.05) is 217 Å². The summed E-state index contributed by atoms with van der Waals surface area (Å²) in [5.74, 6) is -0.697. The molecular weight excluding hydrogens is 677 g/mol. The highest BCUT2D eigenvalue weighted by atomic mass is 16.5. The van der Waals surface area contributed by atoms with Crippen LogP contribution in [0.25, 0.3) is 0 Å². The number of allylic oxidation sites excluding steroid dienone is 8. The standard InChI is InChI=1S/C51H92O4/c1-3-5-7-9-11-13-15-17-19-20-21-22-23-24-25-26-27-29-31-33-35-40-44-48-51(54)55-49(46-42-38-36-39-43-47-50(52)53)45-41-37-34-32-30-28-18-16-14-12-10-8-6-4-2/h5,7,11,13,17,19,21-22,49H,3-4,6,8-10,12,14-16,18,20,23-48H2,1-2H3,(H,52,53)/b7-5-,13-11-,19-17-,22-21-. The number of carbonyl (C=O) groups excluding carboxylic acids is 1. The van der Waals surface area contributed by atoms with Crippen LogP contribution in [0.1, 0.15) is 258 Å². The molecule has 1 atom stereocenters. The molecule has 0 spiro atoms. The second-order valence-corrected chi connectivity index (χ2v) is 16.3. The first-order valence-corrected chi connectivity index (χ1v) is 24.1. The van der Waals surface area contributed by atoms with Gasteiger partial charge >= 0.3 is 11.9 Å². The number of carbonyl (C=O) groups is 2. The monoisotopic (exact) mass is 769 g/mol. The van der Waals surface area contributed by atoms with Crippen molar-refractivity contribution >= 4 is 11.9 Å². The highest BCUT2D eigenvalue weighted by Gasteiger charge is 2.14. The Hall–Kier alpha value is -2.10. The summed E-state index contributed by atoms with van der Waals surface area (Å²) in [6, 6.07) is 0. The zero-order chi connectivity index (χ0) is 40.0. The van der Waals surface area contributed by atoms with E-state index in [1.165, 1.54) is 141 Å². The number of ether oxygens (including phenoxy) is 1. The molecule has 0 saturated carbocycles. The van der Waals surface area contributed by atoms with Crippen molar-refractivity contribution in [3.05, 3.63) is 48.6 Å². The maximum absolute atomic E-state index is 12.8. The second kappa shape index (κ2) is 46.3. The zero-order valence-electron chi connectivity index (χ0n) is 36.7. The third-order valence-corrected chi connectivity index (χ3v) is 10.8. The van der Waals surface area contributed by atoms with Gasteiger partial charge in [-0.15, -0.1) is 0 Å². The van der Waals surface area contributed by atoms with Gasteiger partial charge in [-0.2, -0.15) is 0 Å². The van der Waals surface area contributed by atoms with E-state index in [4.69, 9.17) is 9.84 Å². The summed E-state index contributed by atoms with van der Waals surface area (Å²) in [6.07, 6.45) is 63.0. The van der Waals surface area contributed by atoms with Crippen LogP contribution in [0.5, 0.6) is 0 Å². The van der Waals surface area contributed by atoms with Crippen molar-refractivity contribution in [2.24, 2.45) is 0 Å². The number of unbranched alkanes of at least 4 members (excludes halogenated alkanes) is 27. The van der Waals surface area contributed by atoms with Crippen LogP contribution in [0, 0.1) is 0 Å². The number of esters is 1. The minimum Gasteiger partial charge on any atom is -0.481 e. The lowest BCUT2D eigenvalue weighted by Gasteiger charge is -2.18. The average molecular weight is 769 g/mol. The summed E-state index contributed by atoms with van der Waals surface area (Å²) in [5.41, 5.74) is 0. The van der Waals surface area contributed by atoms with Gasteiger partial charge in [0.2, 0.25) is 0 Å². The summed E-state index contributed by atoms with van der Waals surface area (Å²) in [4.78, 5) is 23.5.